The van der Waals surface area contributed by atoms with Crippen LogP contribution in [0.15, 0.2) is 42.5 Å². The number of amides is 3. The highest BCUT2D eigenvalue weighted by Crippen LogP contribution is 2.42. The van der Waals surface area contributed by atoms with Crippen LogP contribution in [0.5, 0.6) is 5.75 Å². The number of aryl methyl sites for hydroxylation is 3. The molecule has 0 radical (unpaired) electrons. The molecular formula is C31H32N8O6S. The second kappa shape index (κ2) is 12.1. The van der Waals surface area contributed by atoms with Crippen LogP contribution in [0.3, 0.4) is 0 Å². The largest absolute Gasteiger partial charge is 0.494 e. The van der Waals surface area contributed by atoms with Gasteiger partial charge in [-0.25, -0.2) is 4.98 Å². The van der Waals surface area contributed by atoms with E-state index in [1.165, 1.54) is 19.2 Å². The Balaban J connectivity index is 1.18. The molecule has 1 spiro atoms. The number of nitrogens with one attached hydrogen (secondary N) is 3. The summed E-state index contributed by atoms with van der Waals surface area (Å²) in [4.78, 5) is 67.8. The van der Waals surface area contributed by atoms with Crippen LogP contribution in [0.2, 0.25) is 0 Å². The van der Waals surface area contributed by atoms with Crippen molar-refractivity contribution >= 4 is 58.0 Å². The van der Waals surface area contributed by atoms with E-state index in [1.54, 1.807) is 46.5 Å². The summed E-state index contributed by atoms with van der Waals surface area (Å²) in [5.41, 5.74) is 8.40. The minimum Gasteiger partial charge on any atom is -0.494 e. The minimum atomic E-state index is -1.49. The Morgan fingerprint density at radius 3 is 2.52 bits per heavy atom. The number of ketones is 2. The fourth-order valence-corrected chi connectivity index (χ4v) is 7.21. The second-order valence-corrected chi connectivity index (χ2v) is 12.2. The lowest BCUT2D eigenvalue weighted by atomic mass is 10.1. The zero-order chi connectivity index (χ0) is 32.7. The van der Waals surface area contributed by atoms with E-state index in [2.05, 4.69) is 26.0 Å². The molecule has 2 aliphatic rings. The SMILES string of the molecule is CCn1nc(C)cc1C(=O)Nc1nc2cc(C(N)=O)cc(OC)c2n1CCCNC(=O)[C@@H]1CSC2(N1)C(=O)c1ccccc1C2=O. The molecule has 0 bridgehead atoms. The number of fused-ring (bicyclic) bond motifs is 2. The lowest BCUT2D eigenvalue weighted by Gasteiger charge is -2.20. The molecule has 3 heterocycles. The number of hydrogen-bond acceptors (Lipinski definition) is 10. The van der Waals surface area contributed by atoms with Crippen LogP contribution >= 0.6 is 11.8 Å². The van der Waals surface area contributed by atoms with E-state index in [0.29, 0.717) is 58.8 Å². The van der Waals surface area contributed by atoms with Crippen LogP contribution in [0.4, 0.5) is 5.95 Å². The van der Waals surface area contributed by atoms with Crippen molar-refractivity contribution in [3.8, 4) is 5.75 Å². The van der Waals surface area contributed by atoms with Crippen LogP contribution in [0.1, 0.15) is 60.6 Å². The van der Waals surface area contributed by atoms with Gasteiger partial charge in [0, 0.05) is 42.1 Å². The van der Waals surface area contributed by atoms with E-state index in [9.17, 15) is 24.0 Å². The fraction of sp³-hybridized carbons (Fsp3) is 0.323. The van der Waals surface area contributed by atoms with E-state index in [-0.39, 0.29) is 41.3 Å². The van der Waals surface area contributed by atoms with E-state index in [1.807, 2.05) is 6.92 Å². The van der Waals surface area contributed by atoms with Crippen molar-refractivity contribution in [1.29, 1.82) is 0 Å². The van der Waals surface area contributed by atoms with Gasteiger partial charge in [-0.15, -0.1) is 11.8 Å². The number of nitrogens with zero attached hydrogens (tertiary/aromatic N) is 4. The summed E-state index contributed by atoms with van der Waals surface area (Å²) in [7, 11) is 1.45. The van der Waals surface area contributed by atoms with Crippen LogP contribution in [0.25, 0.3) is 11.0 Å². The molecule has 1 saturated heterocycles. The Labute approximate surface area is 267 Å². The predicted molar refractivity (Wildman–Crippen MR) is 170 cm³/mol. The predicted octanol–water partition coefficient (Wildman–Crippen LogP) is 1.91. The Hall–Kier alpha value is -5.02. The van der Waals surface area contributed by atoms with E-state index in [4.69, 9.17) is 10.5 Å². The van der Waals surface area contributed by atoms with Gasteiger partial charge in [-0.3, -0.25) is 39.3 Å². The number of ether oxygens (including phenoxy) is 1. The molecule has 0 saturated carbocycles. The van der Waals surface area contributed by atoms with Crippen molar-refractivity contribution in [2.24, 2.45) is 5.73 Å². The number of methoxy groups -OCH3 is 1. The van der Waals surface area contributed by atoms with Crippen molar-refractivity contribution in [3.63, 3.8) is 0 Å². The molecule has 2 aromatic carbocycles. The molecule has 238 valence electrons. The second-order valence-electron chi connectivity index (χ2n) is 11.0. The quantitative estimate of drug-likeness (QED) is 0.146. The number of hydrogen-bond donors (Lipinski definition) is 4. The number of thioether (sulfide) groups is 1. The van der Waals surface area contributed by atoms with E-state index < -0.39 is 22.7 Å². The Morgan fingerprint density at radius 1 is 1.15 bits per heavy atom. The lowest BCUT2D eigenvalue weighted by molar-refractivity contribution is -0.122. The van der Waals surface area contributed by atoms with Crippen LogP contribution in [-0.4, -0.2) is 78.9 Å². The van der Waals surface area contributed by atoms with Gasteiger partial charge in [-0.05, 0) is 38.5 Å². The molecule has 1 atom stereocenters. The molecule has 1 aliphatic heterocycles. The number of anilines is 1. The normalized spacial score (nSPS) is 16.6. The van der Waals surface area contributed by atoms with Gasteiger partial charge in [0.2, 0.25) is 29.3 Å². The molecule has 15 heteroatoms. The zero-order valence-electron chi connectivity index (χ0n) is 25.4. The third-order valence-electron chi connectivity index (χ3n) is 8.04. The highest BCUT2D eigenvalue weighted by Gasteiger charge is 2.58. The standard InChI is InChI=1S/C31H32N8O6S/c1-4-39-22(12-16(2)37-39)29(44)35-30-34-20-13-17(27(32)42)14-23(45-3)24(20)38(30)11-7-10-33-28(43)21-15-46-31(36-21)25(40)18-8-5-6-9-19(18)26(31)41/h5-6,8-9,12-14,21,36H,4,7,10-11,15H2,1-3H3,(H2,32,42)(H,33,43)(H,34,35,44)/t21-/m0/s1. The number of benzene rings is 2. The number of imidazole rings is 1. The molecule has 1 fully saturated rings. The molecule has 3 amide bonds. The highest BCUT2D eigenvalue weighted by atomic mass is 32.2. The lowest BCUT2D eigenvalue weighted by Crippen LogP contribution is -2.54. The summed E-state index contributed by atoms with van der Waals surface area (Å²) >= 11 is 1.14. The number of aromatic nitrogens is 4. The number of carbonyl (C=O) groups excluding carboxylic acids is 5. The number of Topliss-reactive ketones (excluding diaryl/α,β-unsaturated/α-hetero) is 2. The summed E-state index contributed by atoms with van der Waals surface area (Å²) in [6.45, 7) is 4.71. The maximum Gasteiger partial charge on any atom is 0.276 e. The molecule has 46 heavy (non-hydrogen) atoms. The van der Waals surface area contributed by atoms with Gasteiger partial charge in [0.1, 0.15) is 17.0 Å². The van der Waals surface area contributed by atoms with E-state index in [0.717, 1.165) is 11.8 Å². The van der Waals surface area contributed by atoms with Gasteiger partial charge >= 0.3 is 0 Å². The number of nitrogens with two attached hydrogens (primary N) is 1. The monoisotopic (exact) mass is 644 g/mol. The van der Waals surface area contributed by atoms with Gasteiger partial charge in [0.15, 0.2) is 4.87 Å². The molecule has 2 aromatic heterocycles. The maximum atomic E-state index is 13.3. The third kappa shape index (κ3) is 5.20. The van der Waals surface area contributed by atoms with Gasteiger partial charge in [-0.1, -0.05) is 24.3 Å². The Morgan fingerprint density at radius 2 is 1.87 bits per heavy atom. The van der Waals surface area contributed by atoms with Crippen LogP contribution < -0.4 is 26.4 Å². The molecule has 1 aliphatic carbocycles. The maximum absolute atomic E-state index is 13.3. The fourth-order valence-electron chi connectivity index (χ4n) is 5.85. The van der Waals surface area contributed by atoms with Crippen molar-refractivity contribution in [3.05, 3.63) is 70.5 Å². The van der Waals surface area contributed by atoms with Crippen molar-refractivity contribution in [2.45, 2.75) is 44.3 Å². The molecule has 0 unspecified atom stereocenters. The number of rotatable bonds is 10. The molecular weight excluding hydrogens is 612 g/mol. The topological polar surface area (TPSA) is 192 Å². The summed E-state index contributed by atoms with van der Waals surface area (Å²) in [5.74, 6) is -1.28. The Kier molecular flexibility index (Phi) is 8.12. The van der Waals surface area contributed by atoms with Crippen LogP contribution in [-0.2, 0) is 17.9 Å². The van der Waals surface area contributed by atoms with Gasteiger partial charge in [0.05, 0.1) is 24.4 Å². The Bertz CT molecular complexity index is 1900. The number of primary amides is 1. The first-order chi connectivity index (χ1) is 22.1. The summed E-state index contributed by atoms with van der Waals surface area (Å²) in [6.07, 6.45) is 0.418. The first kappa shape index (κ1) is 31.0. The molecule has 5 N–H and O–H groups in total. The smallest absolute Gasteiger partial charge is 0.276 e. The molecule has 14 nitrogen and oxygen atoms in total. The van der Waals surface area contributed by atoms with Crippen molar-refractivity contribution < 1.29 is 28.7 Å². The first-order valence-electron chi connectivity index (χ1n) is 14.7. The van der Waals surface area contributed by atoms with Crippen LogP contribution in [0, 0.1) is 6.92 Å². The zero-order valence-corrected chi connectivity index (χ0v) is 26.2. The highest BCUT2D eigenvalue weighted by molar-refractivity contribution is 8.02. The number of carbonyl (C=O) groups is 5. The van der Waals surface area contributed by atoms with Gasteiger partial charge in [0.25, 0.3) is 5.91 Å². The van der Waals surface area contributed by atoms with Crippen molar-refractivity contribution in [2.75, 3.05) is 24.7 Å². The third-order valence-corrected chi connectivity index (χ3v) is 9.47. The molecule has 6 rings (SSSR count). The van der Waals surface area contributed by atoms with Gasteiger partial charge < -0.3 is 20.4 Å². The average Bonchev–Trinajstić information content (AvgIpc) is 3.80. The molecule has 4 aromatic rings. The summed E-state index contributed by atoms with van der Waals surface area (Å²) in [5, 5.41) is 13.1. The first-order valence-corrected chi connectivity index (χ1v) is 15.7. The van der Waals surface area contributed by atoms with Gasteiger partial charge in [-0.2, -0.15) is 5.10 Å². The van der Waals surface area contributed by atoms with E-state index >= 15 is 0 Å². The van der Waals surface area contributed by atoms with Crippen molar-refractivity contribution in [1.82, 2.24) is 30.0 Å². The minimum absolute atomic E-state index is 0.195. The summed E-state index contributed by atoms with van der Waals surface area (Å²) < 4.78 is 8.90. The summed E-state index contributed by atoms with van der Waals surface area (Å²) in [6, 6.07) is 10.6. The average molecular weight is 645 g/mol.